The van der Waals surface area contributed by atoms with Crippen molar-refractivity contribution in [3.63, 3.8) is 0 Å². The third-order valence-electron chi connectivity index (χ3n) is 4.68. The number of hydrogen-bond acceptors (Lipinski definition) is 2. The van der Waals surface area contributed by atoms with Gasteiger partial charge in [-0.1, -0.05) is 26.7 Å². The second-order valence-corrected chi connectivity index (χ2v) is 6.34. The molecule has 2 rings (SSSR count). The van der Waals surface area contributed by atoms with Crippen molar-refractivity contribution in [1.29, 1.82) is 0 Å². The van der Waals surface area contributed by atoms with E-state index in [4.69, 9.17) is 0 Å². The Hall–Kier alpha value is -1.06. The van der Waals surface area contributed by atoms with Crippen molar-refractivity contribution in [3.8, 4) is 0 Å². The fourth-order valence-electron chi connectivity index (χ4n) is 3.04. The average molecular weight is 266 g/mol. The Bertz CT molecular complexity index is 378. The number of rotatable bonds is 5. The molecular weight excluding hydrogens is 240 g/mol. The van der Waals surface area contributed by atoms with Crippen molar-refractivity contribution in [3.05, 3.63) is 0 Å². The van der Waals surface area contributed by atoms with E-state index in [1.807, 2.05) is 25.7 Å². The molecule has 3 unspecified atom stereocenters. The summed E-state index contributed by atoms with van der Waals surface area (Å²) in [4.78, 5) is 26.9. The maximum absolute atomic E-state index is 12.7. The molecule has 2 aliphatic rings. The van der Waals surface area contributed by atoms with E-state index < -0.39 is 5.54 Å². The smallest absolute Gasteiger partial charge is 0.248 e. The van der Waals surface area contributed by atoms with Crippen LogP contribution in [-0.2, 0) is 9.59 Å². The third kappa shape index (κ3) is 2.63. The first-order valence-electron chi connectivity index (χ1n) is 7.57. The van der Waals surface area contributed by atoms with Crippen molar-refractivity contribution in [2.75, 3.05) is 0 Å². The Kier molecular flexibility index (Phi) is 3.88. The van der Waals surface area contributed by atoms with Crippen LogP contribution < -0.4 is 5.32 Å². The van der Waals surface area contributed by atoms with Gasteiger partial charge in [-0.2, -0.15) is 0 Å². The van der Waals surface area contributed by atoms with Crippen LogP contribution in [-0.4, -0.2) is 34.3 Å². The number of nitrogens with zero attached hydrogens (tertiary/aromatic N) is 1. The molecule has 4 heteroatoms. The van der Waals surface area contributed by atoms with Gasteiger partial charge in [0.2, 0.25) is 11.8 Å². The van der Waals surface area contributed by atoms with E-state index in [0.29, 0.717) is 12.8 Å². The number of carbonyl (C=O) groups excluding carboxylic acids is 2. The van der Waals surface area contributed by atoms with Gasteiger partial charge in [0.05, 0.1) is 0 Å². The fourth-order valence-corrected chi connectivity index (χ4v) is 3.04. The van der Waals surface area contributed by atoms with Crippen LogP contribution in [0.4, 0.5) is 0 Å². The highest BCUT2D eigenvalue weighted by molar-refractivity contribution is 5.99. The standard InChI is InChI=1S/C15H26N2O2/c1-5-12-13(18)16-15(4,6-2)14(19)17(12)10(3)9-11-7-8-11/h10-12H,5-9H2,1-4H3,(H,16,18). The van der Waals surface area contributed by atoms with E-state index in [1.54, 1.807) is 0 Å². The maximum atomic E-state index is 12.7. The minimum Gasteiger partial charge on any atom is -0.340 e. The van der Waals surface area contributed by atoms with Gasteiger partial charge in [-0.25, -0.2) is 0 Å². The van der Waals surface area contributed by atoms with Gasteiger partial charge < -0.3 is 10.2 Å². The molecule has 0 bridgehead atoms. The van der Waals surface area contributed by atoms with Gasteiger partial charge in [0, 0.05) is 6.04 Å². The summed E-state index contributed by atoms with van der Waals surface area (Å²) in [7, 11) is 0. The first-order valence-corrected chi connectivity index (χ1v) is 7.57. The molecule has 0 spiro atoms. The lowest BCUT2D eigenvalue weighted by atomic mass is 9.89. The first-order chi connectivity index (χ1) is 8.92. The van der Waals surface area contributed by atoms with Gasteiger partial charge in [-0.05, 0) is 39.0 Å². The van der Waals surface area contributed by atoms with E-state index in [1.165, 1.54) is 12.8 Å². The lowest BCUT2D eigenvalue weighted by Crippen LogP contribution is -2.70. The predicted molar refractivity (Wildman–Crippen MR) is 74.6 cm³/mol. The van der Waals surface area contributed by atoms with Crippen LogP contribution in [0.15, 0.2) is 0 Å². The molecule has 3 atom stereocenters. The Morgan fingerprint density at radius 1 is 1.37 bits per heavy atom. The average Bonchev–Trinajstić information content (AvgIpc) is 3.17. The van der Waals surface area contributed by atoms with Crippen molar-refractivity contribution < 1.29 is 9.59 Å². The number of amides is 2. The first kappa shape index (κ1) is 14.4. The van der Waals surface area contributed by atoms with Crippen LogP contribution in [0.5, 0.6) is 0 Å². The van der Waals surface area contributed by atoms with Crippen LogP contribution >= 0.6 is 0 Å². The molecule has 19 heavy (non-hydrogen) atoms. The number of hydrogen-bond donors (Lipinski definition) is 1. The summed E-state index contributed by atoms with van der Waals surface area (Å²) in [6, 6.07) is -0.122. The van der Waals surface area contributed by atoms with Gasteiger partial charge in [-0.3, -0.25) is 9.59 Å². The monoisotopic (exact) mass is 266 g/mol. The van der Waals surface area contributed by atoms with Crippen LogP contribution in [0.3, 0.4) is 0 Å². The quantitative estimate of drug-likeness (QED) is 0.828. The summed E-state index contributed by atoms with van der Waals surface area (Å²) < 4.78 is 0. The van der Waals surface area contributed by atoms with E-state index in [9.17, 15) is 9.59 Å². The van der Waals surface area contributed by atoms with Crippen LogP contribution in [0.1, 0.15) is 59.8 Å². The van der Waals surface area contributed by atoms with Crippen LogP contribution in [0, 0.1) is 5.92 Å². The molecule has 1 saturated heterocycles. The van der Waals surface area contributed by atoms with Crippen molar-refractivity contribution >= 4 is 11.8 Å². The maximum Gasteiger partial charge on any atom is 0.248 e. The Morgan fingerprint density at radius 3 is 2.47 bits per heavy atom. The molecule has 1 saturated carbocycles. The molecule has 108 valence electrons. The Morgan fingerprint density at radius 2 is 2.00 bits per heavy atom. The van der Waals surface area contributed by atoms with Gasteiger partial charge >= 0.3 is 0 Å². The van der Waals surface area contributed by atoms with Crippen LogP contribution in [0.2, 0.25) is 0 Å². The summed E-state index contributed by atoms with van der Waals surface area (Å²) in [5.74, 6) is 0.863. The summed E-state index contributed by atoms with van der Waals surface area (Å²) in [6.07, 6.45) is 4.92. The molecule has 0 aromatic heterocycles. The van der Waals surface area contributed by atoms with Gasteiger partial charge in [0.15, 0.2) is 0 Å². The molecule has 2 amide bonds. The summed E-state index contributed by atoms with van der Waals surface area (Å²) in [5, 5.41) is 2.92. The normalized spacial score (nSPS) is 33.3. The van der Waals surface area contributed by atoms with Crippen molar-refractivity contribution in [2.24, 2.45) is 5.92 Å². The van der Waals surface area contributed by atoms with Gasteiger partial charge in [-0.15, -0.1) is 0 Å². The number of piperazine rings is 1. The summed E-state index contributed by atoms with van der Waals surface area (Å²) in [5.41, 5.74) is -0.722. The zero-order chi connectivity index (χ0) is 14.2. The fraction of sp³-hybridized carbons (Fsp3) is 0.867. The van der Waals surface area contributed by atoms with E-state index in [2.05, 4.69) is 12.2 Å². The minimum absolute atomic E-state index is 0.00842. The minimum atomic E-state index is -0.722. The second kappa shape index (κ2) is 5.14. The van der Waals surface area contributed by atoms with E-state index in [-0.39, 0.29) is 23.9 Å². The molecule has 4 nitrogen and oxygen atoms in total. The summed E-state index contributed by atoms with van der Waals surface area (Å²) >= 11 is 0. The molecule has 1 heterocycles. The largest absolute Gasteiger partial charge is 0.340 e. The Balaban J connectivity index is 2.22. The molecule has 1 aliphatic heterocycles. The lowest BCUT2D eigenvalue weighted by Gasteiger charge is -2.46. The van der Waals surface area contributed by atoms with E-state index in [0.717, 1.165) is 12.3 Å². The molecular formula is C15H26N2O2. The summed E-state index contributed by atoms with van der Waals surface area (Å²) in [6.45, 7) is 7.86. The van der Waals surface area contributed by atoms with Crippen molar-refractivity contribution in [2.45, 2.75) is 77.4 Å². The molecule has 1 N–H and O–H groups in total. The molecule has 2 fully saturated rings. The zero-order valence-electron chi connectivity index (χ0n) is 12.5. The third-order valence-corrected chi connectivity index (χ3v) is 4.68. The molecule has 0 radical (unpaired) electrons. The van der Waals surface area contributed by atoms with Crippen molar-refractivity contribution in [1.82, 2.24) is 10.2 Å². The molecule has 1 aliphatic carbocycles. The SMILES string of the molecule is CCC1C(=O)NC(C)(CC)C(=O)N1C(C)CC1CC1. The van der Waals surface area contributed by atoms with Crippen LogP contribution in [0.25, 0.3) is 0 Å². The topological polar surface area (TPSA) is 49.4 Å². The highest BCUT2D eigenvalue weighted by Crippen LogP contribution is 2.36. The van der Waals surface area contributed by atoms with E-state index >= 15 is 0 Å². The Labute approximate surface area is 115 Å². The molecule has 0 aromatic rings. The van der Waals surface area contributed by atoms with Gasteiger partial charge in [0.1, 0.15) is 11.6 Å². The number of carbonyl (C=O) groups is 2. The number of nitrogens with one attached hydrogen (secondary N) is 1. The highest BCUT2D eigenvalue weighted by Gasteiger charge is 2.48. The van der Waals surface area contributed by atoms with Gasteiger partial charge in [0.25, 0.3) is 0 Å². The predicted octanol–water partition coefficient (Wildman–Crippen LogP) is 2.08. The molecule has 0 aromatic carbocycles. The lowest BCUT2D eigenvalue weighted by molar-refractivity contribution is -0.157. The zero-order valence-corrected chi connectivity index (χ0v) is 12.5. The second-order valence-electron chi connectivity index (χ2n) is 6.34. The highest BCUT2D eigenvalue weighted by atomic mass is 16.2.